The van der Waals surface area contributed by atoms with Gasteiger partial charge in [-0.3, -0.25) is 0 Å². The van der Waals surface area contributed by atoms with E-state index in [1.807, 2.05) is 60.4 Å². The maximum atomic E-state index is 13.2. The topological polar surface area (TPSA) is 71.0 Å². The number of hydrogen-bond donors (Lipinski definition) is 2. The van der Waals surface area contributed by atoms with Gasteiger partial charge in [0.25, 0.3) is 0 Å². The predicted octanol–water partition coefficient (Wildman–Crippen LogP) is 3.69. The number of benzene rings is 2. The van der Waals surface area contributed by atoms with Gasteiger partial charge in [0.1, 0.15) is 6.10 Å². The molecule has 0 aromatic heterocycles. The summed E-state index contributed by atoms with van der Waals surface area (Å²) < 4.78 is 11.9. The van der Waals surface area contributed by atoms with Gasteiger partial charge in [-0.15, -0.1) is 0 Å². The number of urea groups is 1. The molecule has 0 fully saturated rings. The highest BCUT2D eigenvalue weighted by Crippen LogP contribution is 2.55. The van der Waals surface area contributed by atoms with Crippen molar-refractivity contribution in [1.29, 1.82) is 0 Å². The molecule has 2 N–H and O–H groups in total. The van der Waals surface area contributed by atoms with Gasteiger partial charge in [0.05, 0.1) is 24.7 Å². The summed E-state index contributed by atoms with van der Waals surface area (Å²) in [6.07, 6.45) is 4.55. The van der Waals surface area contributed by atoms with Crippen molar-refractivity contribution < 1.29 is 19.4 Å². The van der Waals surface area contributed by atoms with Gasteiger partial charge < -0.3 is 24.8 Å². The molecule has 5 rings (SSSR count). The molecule has 3 aliphatic rings. The van der Waals surface area contributed by atoms with Gasteiger partial charge in [0.2, 0.25) is 0 Å². The fourth-order valence-electron chi connectivity index (χ4n) is 5.21. The van der Waals surface area contributed by atoms with E-state index in [0.717, 1.165) is 28.9 Å². The Morgan fingerprint density at radius 3 is 2.87 bits per heavy atom. The molecule has 6 heteroatoms. The number of rotatable bonds is 3. The van der Waals surface area contributed by atoms with Crippen LogP contribution in [-0.2, 0) is 12.0 Å². The lowest BCUT2D eigenvalue weighted by molar-refractivity contribution is 0.0820. The fourth-order valence-corrected chi connectivity index (χ4v) is 5.21. The third-order valence-corrected chi connectivity index (χ3v) is 6.88. The van der Waals surface area contributed by atoms with E-state index in [2.05, 4.69) is 11.4 Å². The molecule has 2 heterocycles. The van der Waals surface area contributed by atoms with Gasteiger partial charge in [0, 0.05) is 25.1 Å². The van der Waals surface area contributed by atoms with Crippen molar-refractivity contribution in [2.45, 2.75) is 50.0 Å². The largest absolute Gasteiger partial charge is 0.493 e. The summed E-state index contributed by atoms with van der Waals surface area (Å²) in [5.41, 5.74) is 2.90. The molecule has 2 aromatic carbocycles. The van der Waals surface area contributed by atoms with Crippen LogP contribution in [0.4, 0.5) is 4.79 Å². The normalized spacial score (nSPS) is 26.9. The zero-order chi connectivity index (χ0) is 21.6. The molecule has 31 heavy (non-hydrogen) atoms. The molecule has 2 aromatic rings. The van der Waals surface area contributed by atoms with E-state index in [1.54, 1.807) is 7.11 Å². The lowest BCUT2D eigenvalue weighted by Crippen LogP contribution is -2.44. The van der Waals surface area contributed by atoms with Crippen molar-refractivity contribution in [3.8, 4) is 11.5 Å². The number of nitrogens with one attached hydrogen (secondary N) is 1. The summed E-state index contributed by atoms with van der Waals surface area (Å²) in [6, 6.07) is 13.8. The number of carbonyl (C=O) groups excluding carboxylic acids is 1. The highest BCUT2D eigenvalue weighted by atomic mass is 16.5. The fraction of sp³-hybridized carbons (Fsp3) is 0.400. The number of nitrogens with zero attached hydrogens (tertiary/aromatic N) is 1. The highest BCUT2D eigenvalue weighted by molar-refractivity contribution is 5.75. The van der Waals surface area contributed by atoms with Crippen LogP contribution in [0.3, 0.4) is 0 Å². The third-order valence-electron chi connectivity index (χ3n) is 6.88. The highest BCUT2D eigenvalue weighted by Gasteiger charge is 2.53. The minimum absolute atomic E-state index is 0.0745. The van der Waals surface area contributed by atoms with Crippen molar-refractivity contribution in [1.82, 2.24) is 10.2 Å². The van der Waals surface area contributed by atoms with Crippen molar-refractivity contribution in [3.63, 3.8) is 0 Å². The number of aliphatic hydroxyl groups excluding tert-OH is 1. The number of ether oxygens (including phenoxy) is 2. The number of aliphatic hydroxyl groups is 1. The number of methoxy groups -OCH3 is 1. The molecule has 0 bridgehead atoms. The van der Waals surface area contributed by atoms with Crippen molar-refractivity contribution in [3.05, 3.63) is 71.3 Å². The smallest absolute Gasteiger partial charge is 0.318 e. The van der Waals surface area contributed by atoms with Crippen molar-refractivity contribution in [2.24, 2.45) is 0 Å². The standard InChI is InChI=1S/C25H28N2O4/c1-16(17-6-4-3-5-7-17)26-24(29)27-13-12-25-11-10-19(28)14-21(25)31-23-20(30-2)9-8-18(15-27)22(23)25/h3-11,16,19,21,28H,12-15H2,1-2H3,(H,26,29)/t16?,19-,21-,25?/m1/s1. The van der Waals surface area contributed by atoms with Gasteiger partial charge in [-0.2, -0.15) is 0 Å². The molecule has 4 atom stereocenters. The molecule has 162 valence electrons. The molecule has 0 radical (unpaired) electrons. The van der Waals surface area contributed by atoms with E-state index in [1.165, 1.54) is 0 Å². The van der Waals surface area contributed by atoms with Gasteiger partial charge in [-0.25, -0.2) is 4.79 Å². The molecule has 0 saturated heterocycles. The Balaban J connectivity index is 1.46. The minimum Gasteiger partial charge on any atom is -0.493 e. The first-order valence-corrected chi connectivity index (χ1v) is 10.9. The molecular weight excluding hydrogens is 392 g/mol. The third kappa shape index (κ3) is 3.26. The van der Waals surface area contributed by atoms with Crippen molar-refractivity contribution >= 4 is 6.03 Å². The van der Waals surface area contributed by atoms with Crippen LogP contribution in [0.15, 0.2) is 54.6 Å². The first-order chi connectivity index (χ1) is 15.0. The van der Waals surface area contributed by atoms with E-state index >= 15 is 0 Å². The Labute approximate surface area is 182 Å². The Kier molecular flexibility index (Phi) is 4.89. The predicted molar refractivity (Wildman–Crippen MR) is 117 cm³/mol. The number of carbonyl (C=O) groups is 1. The molecule has 1 aliphatic carbocycles. The average Bonchev–Trinajstić information content (AvgIpc) is 3.01. The van der Waals surface area contributed by atoms with Crippen LogP contribution in [0.2, 0.25) is 0 Å². The monoisotopic (exact) mass is 420 g/mol. The van der Waals surface area contributed by atoms with Crippen LogP contribution in [0, 0.1) is 0 Å². The van der Waals surface area contributed by atoms with Crippen LogP contribution in [0.1, 0.15) is 42.5 Å². The molecule has 0 saturated carbocycles. The number of hydrogen-bond acceptors (Lipinski definition) is 4. The van der Waals surface area contributed by atoms with Crippen LogP contribution in [-0.4, -0.2) is 41.9 Å². The Hall–Kier alpha value is -2.99. The van der Waals surface area contributed by atoms with Gasteiger partial charge in [0.15, 0.2) is 11.5 Å². The summed E-state index contributed by atoms with van der Waals surface area (Å²) in [5.74, 6) is 1.45. The molecule has 1 spiro atoms. The second kappa shape index (κ2) is 7.61. The maximum absolute atomic E-state index is 13.2. The molecule has 2 unspecified atom stereocenters. The van der Waals surface area contributed by atoms with E-state index in [4.69, 9.17) is 9.47 Å². The Bertz CT molecular complexity index is 1020. The maximum Gasteiger partial charge on any atom is 0.318 e. The summed E-state index contributed by atoms with van der Waals surface area (Å²) in [4.78, 5) is 15.1. The zero-order valence-corrected chi connectivity index (χ0v) is 17.9. The van der Waals surface area contributed by atoms with E-state index in [-0.39, 0.29) is 23.6 Å². The second-order valence-corrected chi connectivity index (χ2v) is 8.69. The number of amides is 2. The van der Waals surface area contributed by atoms with E-state index in [9.17, 15) is 9.90 Å². The van der Waals surface area contributed by atoms with Crippen LogP contribution < -0.4 is 14.8 Å². The molecular formula is C25H28N2O4. The van der Waals surface area contributed by atoms with E-state index in [0.29, 0.717) is 25.3 Å². The van der Waals surface area contributed by atoms with Gasteiger partial charge in [-0.1, -0.05) is 48.6 Å². The summed E-state index contributed by atoms with van der Waals surface area (Å²) in [7, 11) is 1.64. The van der Waals surface area contributed by atoms with Crippen molar-refractivity contribution in [2.75, 3.05) is 13.7 Å². The summed E-state index contributed by atoms with van der Waals surface area (Å²) in [6.45, 7) is 3.11. The lowest BCUT2D eigenvalue weighted by atomic mass is 9.69. The lowest BCUT2D eigenvalue weighted by Gasteiger charge is -2.35. The zero-order valence-electron chi connectivity index (χ0n) is 17.9. The summed E-state index contributed by atoms with van der Waals surface area (Å²) >= 11 is 0. The van der Waals surface area contributed by atoms with Gasteiger partial charge >= 0.3 is 6.03 Å². The SMILES string of the molecule is COc1ccc2c3c1O[C@@H]1C[C@H](O)C=CC31CCN(C(=O)NC(C)c1ccccc1)C2. The Morgan fingerprint density at radius 2 is 2.10 bits per heavy atom. The quantitative estimate of drug-likeness (QED) is 0.743. The van der Waals surface area contributed by atoms with Gasteiger partial charge in [-0.05, 0) is 30.5 Å². The first-order valence-electron chi connectivity index (χ1n) is 10.9. The first kappa shape index (κ1) is 19.9. The Morgan fingerprint density at radius 1 is 1.29 bits per heavy atom. The minimum atomic E-state index is -0.520. The average molecular weight is 421 g/mol. The van der Waals surface area contributed by atoms with E-state index < -0.39 is 6.10 Å². The van der Waals surface area contributed by atoms with Crippen LogP contribution in [0.5, 0.6) is 11.5 Å². The molecule has 2 amide bonds. The second-order valence-electron chi connectivity index (χ2n) is 8.69. The van der Waals surface area contributed by atoms with Crippen LogP contribution >= 0.6 is 0 Å². The summed E-state index contributed by atoms with van der Waals surface area (Å²) in [5, 5.41) is 13.3. The molecule has 2 aliphatic heterocycles. The molecule has 6 nitrogen and oxygen atoms in total. The van der Waals surface area contributed by atoms with Crippen LogP contribution in [0.25, 0.3) is 0 Å².